The summed E-state index contributed by atoms with van der Waals surface area (Å²) in [4.78, 5) is 23.6. The Morgan fingerprint density at radius 1 is 1.52 bits per heavy atom. The van der Waals surface area contributed by atoms with Gasteiger partial charge in [-0.3, -0.25) is 4.79 Å². The Hall–Kier alpha value is -1.64. The van der Waals surface area contributed by atoms with Gasteiger partial charge < -0.3 is 5.11 Å². The highest BCUT2D eigenvalue weighted by Gasteiger charge is 2.57. The fraction of sp³-hybridized carbons (Fsp3) is 0.600. The predicted octanol–water partition coefficient (Wildman–Crippen LogP) is 4.31. The van der Waals surface area contributed by atoms with Crippen molar-refractivity contribution in [1.29, 1.82) is 0 Å². The van der Waals surface area contributed by atoms with Gasteiger partial charge in [0, 0.05) is 11.0 Å². The molecule has 1 N–H and O–H groups in total. The normalized spacial score (nSPS) is 39.5. The van der Waals surface area contributed by atoms with Crippen LogP contribution in [-0.4, -0.2) is 16.9 Å². The highest BCUT2D eigenvalue weighted by atomic mass is 16.4. The quantitative estimate of drug-likeness (QED) is 0.621. The highest BCUT2D eigenvalue weighted by Crippen LogP contribution is 2.64. The number of carbonyl (C=O) groups is 2. The van der Waals surface area contributed by atoms with Gasteiger partial charge in [-0.15, -0.1) is 0 Å². The molecule has 124 valence electrons. The number of carbonyl (C=O) groups excluding carboxylic acids is 1. The van der Waals surface area contributed by atoms with E-state index in [1.807, 2.05) is 0 Å². The molecule has 0 amide bonds. The molecule has 3 nitrogen and oxygen atoms in total. The zero-order valence-electron chi connectivity index (χ0n) is 14.1. The summed E-state index contributed by atoms with van der Waals surface area (Å²) < 4.78 is 0. The first-order valence-corrected chi connectivity index (χ1v) is 8.60. The van der Waals surface area contributed by atoms with Crippen LogP contribution in [0.2, 0.25) is 0 Å². The first-order valence-electron chi connectivity index (χ1n) is 8.60. The number of hydrogen-bond donors (Lipinski definition) is 1. The number of hydrogen-bond acceptors (Lipinski definition) is 2. The van der Waals surface area contributed by atoms with Crippen LogP contribution in [0, 0.1) is 22.7 Å². The zero-order valence-corrected chi connectivity index (χ0v) is 14.1. The minimum Gasteiger partial charge on any atom is -0.478 e. The number of aliphatic carboxylic acids is 1. The topological polar surface area (TPSA) is 54.4 Å². The van der Waals surface area contributed by atoms with Crippen molar-refractivity contribution < 1.29 is 14.7 Å². The molecule has 4 aliphatic carbocycles. The largest absolute Gasteiger partial charge is 0.478 e. The van der Waals surface area contributed by atoms with E-state index in [2.05, 4.69) is 19.6 Å². The van der Waals surface area contributed by atoms with Crippen LogP contribution in [0.15, 0.2) is 36.0 Å². The molecule has 4 atom stereocenters. The molecular formula is C20H26O3. The molecule has 1 unspecified atom stereocenters. The highest BCUT2D eigenvalue weighted by molar-refractivity contribution is 5.96. The molecule has 0 saturated heterocycles. The molecule has 3 saturated carbocycles. The first-order chi connectivity index (χ1) is 10.8. The first kappa shape index (κ1) is 16.2. The second-order valence-electron chi connectivity index (χ2n) is 7.94. The monoisotopic (exact) mass is 314 g/mol. The number of rotatable bonds is 4. The van der Waals surface area contributed by atoms with Crippen LogP contribution < -0.4 is 0 Å². The Labute approximate surface area is 138 Å². The molecule has 4 aliphatic rings. The molecule has 1 spiro atoms. The van der Waals surface area contributed by atoms with Gasteiger partial charge in [0.05, 0.1) is 0 Å². The molecule has 3 heteroatoms. The Balaban J connectivity index is 1.85. The van der Waals surface area contributed by atoms with Gasteiger partial charge in [-0.05, 0) is 68.8 Å². The molecule has 4 rings (SSSR count). The SMILES string of the molecule is C=C1C[C@@]23C=CC(=O)[C@@](C)(CC/C=C(\C)C(=O)O)C2C[C@@H]1CC3. The van der Waals surface area contributed by atoms with E-state index >= 15 is 0 Å². The van der Waals surface area contributed by atoms with Crippen LogP contribution in [-0.2, 0) is 9.59 Å². The van der Waals surface area contributed by atoms with Gasteiger partial charge in [-0.25, -0.2) is 4.79 Å². The third-order valence-corrected chi connectivity index (χ3v) is 6.66. The lowest BCUT2D eigenvalue weighted by molar-refractivity contribution is -0.135. The Morgan fingerprint density at radius 2 is 2.26 bits per heavy atom. The van der Waals surface area contributed by atoms with E-state index in [9.17, 15) is 9.59 Å². The lowest BCUT2D eigenvalue weighted by Gasteiger charge is -2.59. The molecule has 23 heavy (non-hydrogen) atoms. The molecule has 0 aromatic heterocycles. The number of carboxylic acids is 1. The van der Waals surface area contributed by atoms with Crippen molar-refractivity contribution in [2.45, 2.75) is 52.4 Å². The summed E-state index contributed by atoms with van der Waals surface area (Å²) in [6, 6.07) is 0. The summed E-state index contributed by atoms with van der Waals surface area (Å²) in [5.74, 6) is 0.272. The Kier molecular flexibility index (Phi) is 3.86. The van der Waals surface area contributed by atoms with E-state index in [0.29, 0.717) is 23.8 Å². The van der Waals surface area contributed by atoms with Crippen molar-refractivity contribution in [3.63, 3.8) is 0 Å². The van der Waals surface area contributed by atoms with Gasteiger partial charge in [-0.2, -0.15) is 0 Å². The number of fused-ring (bicyclic) bond motifs is 2. The van der Waals surface area contributed by atoms with Gasteiger partial charge in [0.2, 0.25) is 0 Å². The molecule has 0 heterocycles. The second-order valence-corrected chi connectivity index (χ2v) is 7.94. The van der Waals surface area contributed by atoms with Gasteiger partial charge in [0.25, 0.3) is 0 Å². The van der Waals surface area contributed by atoms with Crippen molar-refractivity contribution >= 4 is 11.8 Å². The molecule has 0 radical (unpaired) electrons. The molecular weight excluding hydrogens is 288 g/mol. The van der Waals surface area contributed by atoms with Crippen LogP contribution in [0.5, 0.6) is 0 Å². The summed E-state index contributed by atoms with van der Waals surface area (Å²) >= 11 is 0. The number of allylic oxidation sites excluding steroid dienone is 4. The van der Waals surface area contributed by atoms with Gasteiger partial charge in [0.1, 0.15) is 0 Å². The third-order valence-electron chi connectivity index (χ3n) is 6.66. The standard InChI is InChI=1S/C20H26O3/c1-13(18(22)23)5-4-8-19(3)16-11-15-6-9-20(16,12-14(15)2)10-7-17(19)21/h5,7,10,15-16H,2,4,6,8-9,11-12H2,1,3H3,(H,22,23)/b13-5+/t15-,16?,19-,20+/m0/s1. The van der Waals surface area contributed by atoms with Gasteiger partial charge in [-0.1, -0.05) is 31.2 Å². The summed E-state index contributed by atoms with van der Waals surface area (Å²) in [7, 11) is 0. The average molecular weight is 314 g/mol. The smallest absolute Gasteiger partial charge is 0.330 e. The fourth-order valence-corrected chi connectivity index (χ4v) is 5.13. The van der Waals surface area contributed by atoms with Gasteiger partial charge >= 0.3 is 5.97 Å². The maximum atomic E-state index is 12.7. The Bertz CT molecular complexity index is 627. The van der Waals surface area contributed by atoms with Crippen LogP contribution in [0.3, 0.4) is 0 Å². The molecule has 3 fully saturated rings. The third kappa shape index (κ3) is 2.50. The van der Waals surface area contributed by atoms with E-state index in [4.69, 9.17) is 5.11 Å². The van der Waals surface area contributed by atoms with E-state index in [1.54, 1.807) is 19.1 Å². The van der Waals surface area contributed by atoms with Crippen LogP contribution >= 0.6 is 0 Å². The molecule has 0 aliphatic heterocycles. The van der Waals surface area contributed by atoms with E-state index in [-0.39, 0.29) is 16.6 Å². The number of carboxylic acid groups (broad SMARTS) is 1. The van der Waals surface area contributed by atoms with Crippen molar-refractivity contribution in [3.8, 4) is 0 Å². The van der Waals surface area contributed by atoms with Crippen LogP contribution in [0.1, 0.15) is 52.4 Å². The summed E-state index contributed by atoms with van der Waals surface area (Å²) in [6.45, 7) is 7.97. The lowest BCUT2D eigenvalue weighted by atomic mass is 9.44. The minimum atomic E-state index is -0.880. The average Bonchev–Trinajstić information content (AvgIpc) is 2.51. The van der Waals surface area contributed by atoms with Crippen LogP contribution in [0.4, 0.5) is 0 Å². The maximum absolute atomic E-state index is 12.7. The summed E-state index contributed by atoms with van der Waals surface area (Å²) in [6.07, 6.45) is 11.5. The molecule has 2 bridgehead atoms. The van der Waals surface area contributed by atoms with E-state index < -0.39 is 5.97 Å². The molecule has 0 aromatic carbocycles. The van der Waals surface area contributed by atoms with E-state index in [0.717, 1.165) is 25.7 Å². The van der Waals surface area contributed by atoms with Crippen molar-refractivity contribution in [1.82, 2.24) is 0 Å². The van der Waals surface area contributed by atoms with E-state index in [1.165, 1.54) is 12.0 Å². The summed E-state index contributed by atoms with van der Waals surface area (Å²) in [5, 5.41) is 8.98. The van der Waals surface area contributed by atoms with Crippen molar-refractivity contribution in [3.05, 3.63) is 36.0 Å². The molecule has 0 aromatic rings. The van der Waals surface area contributed by atoms with Crippen LogP contribution in [0.25, 0.3) is 0 Å². The Morgan fingerprint density at radius 3 is 2.91 bits per heavy atom. The fourth-order valence-electron chi connectivity index (χ4n) is 5.13. The second kappa shape index (κ2) is 5.47. The van der Waals surface area contributed by atoms with Crippen molar-refractivity contribution in [2.24, 2.45) is 22.7 Å². The predicted molar refractivity (Wildman–Crippen MR) is 89.9 cm³/mol. The maximum Gasteiger partial charge on any atom is 0.330 e. The lowest BCUT2D eigenvalue weighted by Crippen LogP contribution is -2.53. The minimum absolute atomic E-state index is 0.111. The summed E-state index contributed by atoms with van der Waals surface area (Å²) in [5.41, 5.74) is 1.46. The van der Waals surface area contributed by atoms with Gasteiger partial charge in [0.15, 0.2) is 5.78 Å². The zero-order chi connectivity index (χ0) is 16.8. The number of ketones is 1. The van der Waals surface area contributed by atoms with Crippen molar-refractivity contribution in [2.75, 3.05) is 0 Å².